The summed E-state index contributed by atoms with van der Waals surface area (Å²) < 4.78 is 5.50. The van der Waals surface area contributed by atoms with Crippen molar-refractivity contribution in [3.05, 3.63) is 68.8 Å². The summed E-state index contributed by atoms with van der Waals surface area (Å²) in [6.07, 6.45) is 7.74. The first-order valence-electron chi connectivity index (χ1n) is 13.2. The summed E-state index contributed by atoms with van der Waals surface area (Å²) in [4.78, 5) is 40.5. The van der Waals surface area contributed by atoms with Crippen molar-refractivity contribution < 1.29 is 19.1 Å². The van der Waals surface area contributed by atoms with Crippen molar-refractivity contribution in [2.45, 2.75) is 93.4 Å². The van der Waals surface area contributed by atoms with Gasteiger partial charge >= 0.3 is 5.97 Å². The van der Waals surface area contributed by atoms with Crippen molar-refractivity contribution in [1.29, 1.82) is 0 Å². The minimum atomic E-state index is -1.95. The zero-order valence-corrected chi connectivity index (χ0v) is 24.1. The van der Waals surface area contributed by atoms with Crippen LogP contribution >= 0.6 is 7.92 Å². The number of rotatable bonds is 14. The lowest BCUT2D eigenvalue weighted by Crippen LogP contribution is -2.19. The van der Waals surface area contributed by atoms with E-state index in [1.165, 1.54) is 25.7 Å². The number of aryl methyl sites for hydroxylation is 6. The smallest absolute Gasteiger partial charge is 0.311 e. The van der Waals surface area contributed by atoms with Crippen LogP contribution in [0, 0.1) is 41.5 Å². The molecule has 0 saturated carbocycles. The minimum absolute atomic E-state index is 0.178. The second-order valence-corrected chi connectivity index (χ2v) is 12.1. The van der Waals surface area contributed by atoms with E-state index in [0.717, 1.165) is 52.6 Å². The van der Waals surface area contributed by atoms with Gasteiger partial charge in [0.1, 0.15) is 0 Å². The van der Waals surface area contributed by atoms with Gasteiger partial charge in [0.25, 0.3) is 0 Å². The largest absolute Gasteiger partial charge is 0.465 e. The first-order chi connectivity index (χ1) is 17.1. The molecular weight excluding hydrogens is 467 g/mol. The lowest BCUT2D eigenvalue weighted by molar-refractivity contribution is -0.140. The van der Waals surface area contributed by atoms with E-state index in [2.05, 4.69) is 6.92 Å². The zero-order chi connectivity index (χ0) is 26.8. The molecule has 0 unspecified atom stereocenters. The van der Waals surface area contributed by atoms with E-state index in [1.807, 2.05) is 65.8 Å². The molecule has 0 saturated heterocycles. The van der Waals surface area contributed by atoms with Crippen LogP contribution in [0.1, 0.15) is 106 Å². The Kier molecular flexibility index (Phi) is 12.0. The van der Waals surface area contributed by atoms with Gasteiger partial charge in [0.05, 0.1) is 20.7 Å². The highest BCUT2D eigenvalue weighted by molar-refractivity contribution is 7.90. The summed E-state index contributed by atoms with van der Waals surface area (Å²) in [6.45, 7) is 14.1. The van der Waals surface area contributed by atoms with E-state index in [1.54, 1.807) is 0 Å². The predicted molar refractivity (Wildman–Crippen MR) is 151 cm³/mol. The number of ether oxygens (including phenoxy) is 1. The standard InChI is InChI=1S/C31H43O4P/c1-8-9-10-11-12-13-14-15-35-27(32)20-36(30(33)28-23(4)16-21(2)17-24(28)5)31(34)29-25(6)18-22(3)19-26(29)7/h16-19H,8-15,20H2,1-7H3. The fourth-order valence-corrected chi connectivity index (χ4v) is 7.03. The second-order valence-electron chi connectivity index (χ2n) is 10.1. The summed E-state index contributed by atoms with van der Waals surface area (Å²) in [7, 11) is -1.95. The average molecular weight is 511 g/mol. The summed E-state index contributed by atoms with van der Waals surface area (Å²) in [5.41, 5.74) is 6.13. The molecule has 0 heterocycles. The molecule has 0 atom stereocenters. The van der Waals surface area contributed by atoms with Crippen LogP contribution in [-0.4, -0.2) is 29.8 Å². The Morgan fingerprint density at radius 1 is 0.639 bits per heavy atom. The number of hydrogen-bond donors (Lipinski definition) is 0. The number of hydrogen-bond acceptors (Lipinski definition) is 4. The third kappa shape index (κ3) is 8.37. The average Bonchev–Trinajstić information content (AvgIpc) is 2.77. The molecule has 0 amide bonds. The third-order valence-electron chi connectivity index (χ3n) is 6.57. The van der Waals surface area contributed by atoms with E-state index < -0.39 is 13.9 Å². The quantitative estimate of drug-likeness (QED) is 0.146. The molecular formula is C31H43O4P. The molecule has 2 aromatic rings. The van der Waals surface area contributed by atoms with Gasteiger partial charge in [0, 0.05) is 11.1 Å². The molecule has 0 fully saturated rings. The molecule has 0 N–H and O–H groups in total. The highest BCUT2D eigenvalue weighted by atomic mass is 31.1. The molecule has 2 aromatic carbocycles. The van der Waals surface area contributed by atoms with E-state index in [9.17, 15) is 14.4 Å². The number of carbonyl (C=O) groups excluding carboxylic acids is 3. The Morgan fingerprint density at radius 3 is 1.44 bits per heavy atom. The lowest BCUT2D eigenvalue weighted by Gasteiger charge is -2.20. The lowest BCUT2D eigenvalue weighted by atomic mass is 10.0. The Morgan fingerprint density at radius 2 is 1.03 bits per heavy atom. The molecule has 0 radical (unpaired) electrons. The first-order valence-corrected chi connectivity index (χ1v) is 14.8. The maximum absolute atomic E-state index is 13.8. The summed E-state index contributed by atoms with van der Waals surface area (Å²) in [6, 6.07) is 7.83. The molecule has 196 valence electrons. The van der Waals surface area contributed by atoms with E-state index in [4.69, 9.17) is 4.74 Å². The minimum Gasteiger partial charge on any atom is -0.465 e. The van der Waals surface area contributed by atoms with E-state index >= 15 is 0 Å². The van der Waals surface area contributed by atoms with Gasteiger partial charge in [-0.3, -0.25) is 14.4 Å². The molecule has 4 nitrogen and oxygen atoms in total. The second kappa shape index (κ2) is 14.4. The molecule has 0 bridgehead atoms. The van der Waals surface area contributed by atoms with Crippen LogP contribution in [0.3, 0.4) is 0 Å². The molecule has 2 rings (SSSR count). The van der Waals surface area contributed by atoms with Crippen LogP contribution in [0.4, 0.5) is 0 Å². The number of unbranched alkanes of at least 4 members (excludes halogenated alkanes) is 6. The SMILES string of the molecule is CCCCCCCCCOC(=O)CP(C(=O)c1c(C)cc(C)cc1C)C(=O)c1c(C)cc(C)cc1C. The van der Waals surface area contributed by atoms with Crippen molar-refractivity contribution in [1.82, 2.24) is 0 Å². The van der Waals surface area contributed by atoms with Crippen molar-refractivity contribution in [2.75, 3.05) is 12.8 Å². The van der Waals surface area contributed by atoms with Gasteiger partial charge in [-0.1, -0.05) is 80.8 Å². The van der Waals surface area contributed by atoms with E-state index in [0.29, 0.717) is 17.7 Å². The topological polar surface area (TPSA) is 60.4 Å². The molecule has 36 heavy (non-hydrogen) atoms. The van der Waals surface area contributed by atoms with Crippen LogP contribution in [0.2, 0.25) is 0 Å². The highest BCUT2D eigenvalue weighted by Gasteiger charge is 2.34. The predicted octanol–water partition coefficient (Wildman–Crippen LogP) is 8.29. The van der Waals surface area contributed by atoms with Crippen LogP contribution in [-0.2, 0) is 9.53 Å². The zero-order valence-electron chi connectivity index (χ0n) is 23.3. The summed E-state index contributed by atoms with van der Waals surface area (Å²) >= 11 is 0. The fourth-order valence-electron chi connectivity index (χ4n) is 4.96. The van der Waals surface area contributed by atoms with Gasteiger partial charge in [-0.15, -0.1) is 0 Å². The molecule has 5 heteroatoms. The Balaban J connectivity index is 2.22. The monoisotopic (exact) mass is 510 g/mol. The number of benzene rings is 2. The Bertz CT molecular complexity index is 970. The van der Waals surface area contributed by atoms with Crippen molar-refractivity contribution in [2.24, 2.45) is 0 Å². The van der Waals surface area contributed by atoms with E-state index in [-0.39, 0.29) is 17.2 Å². The maximum atomic E-state index is 13.8. The van der Waals surface area contributed by atoms with Gasteiger partial charge in [-0.25, -0.2) is 0 Å². The maximum Gasteiger partial charge on any atom is 0.311 e. The number of carbonyl (C=O) groups is 3. The molecule has 0 spiro atoms. The van der Waals surface area contributed by atoms with Crippen LogP contribution in [0.15, 0.2) is 24.3 Å². The highest BCUT2D eigenvalue weighted by Crippen LogP contribution is 2.46. The molecule has 0 aliphatic rings. The van der Waals surface area contributed by atoms with Crippen molar-refractivity contribution in [3.63, 3.8) is 0 Å². The number of esters is 1. The van der Waals surface area contributed by atoms with Gasteiger partial charge in [-0.05, 0) is 70.2 Å². The van der Waals surface area contributed by atoms with Gasteiger partial charge < -0.3 is 4.74 Å². The van der Waals surface area contributed by atoms with Crippen molar-refractivity contribution >= 4 is 24.9 Å². The fraction of sp³-hybridized carbons (Fsp3) is 0.516. The van der Waals surface area contributed by atoms with Gasteiger partial charge in [-0.2, -0.15) is 0 Å². The summed E-state index contributed by atoms with van der Waals surface area (Å²) in [5, 5.41) is 0. The third-order valence-corrected chi connectivity index (χ3v) is 8.57. The van der Waals surface area contributed by atoms with Crippen LogP contribution in [0.25, 0.3) is 0 Å². The van der Waals surface area contributed by atoms with Gasteiger partial charge in [0.15, 0.2) is 11.0 Å². The van der Waals surface area contributed by atoms with Crippen LogP contribution in [0.5, 0.6) is 0 Å². The summed E-state index contributed by atoms with van der Waals surface area (Å²) in [5.74, 6) is -0.460. The Hall–Kier alpha value is -2.32. The molecule has 0 aliphatic heterocycles. The van der Waals surface area contributed by atoms with Crippen molar-refractivity contribution in [3.8, 4) is 0 Å². The Labute approximate surface area is 219 Å². The molecule has 0 aliphatic carbocycles. The first kappa shape index (κ1) is 29.9. The van der Waals surface area contributed by atoms with Gasteiger partial charge in [0.2, 0.25) is 0 Å². The molecule has 0 aromatic heterocycles. The normalized spacial score (nSPS) is 11.1. The van der Waals surface area contributed by atoms with Crippen LogP contribution < -0.4 is 0 Å².